The molecule has 4 heteroatoms. The highest BCUT2D eigenvalue weighted by molar-refractivity contribution is 5.94. The van der Waals surface area contributed by atoms with E-state index in [4.69, 9.17) is 0 Å². The number of hydrogen-bond acceptors (Lipinski definition) is 3. The van der Waals surface area contributed by atoms with Crippen LogP contribution in [0.15, 0.2) is 18.2 Å². The van der Waals surface area contributed by atoms with Gasteiger partial charge >= 0.3 is 0 Å². The van der Waals surface area contributed by atoms with Gasteiger partial charge in [-0.3, -0.25) is 14.9 Å². The number of rotatable bonds is 2. The number of carbonyl (C=O) groups is 1. The molecule has 0 spiro atoms. The Hall–Kier alpha value is -1.71. The van der Waals surface area contributed by atoms with E-state index >= 15 is 0 Å². The number of Topliss-reactive ketones (excluding diaryl/α,β-unsaturated/α-hetero) is 1. The van der Waals surface area contributed by atoms with Gasteiger partial charge in [0.05, 0.1) is 4.92 Å². The Labute approximate surface area is 75.3 Å². The van der Waals surface area contributed by atoms with Crippen LogP contribution in [-0.4, -0.2) is 10.7 Å². The molecule has 0 aliphatic heterocycles. The third-order valence-electron chi connectivity index (χ3n) is 1.69. The van der Waals surface area contributed by atoms with Crippen molar-refractivity contribution in [3.63, 3.8) is 0 Å². The van der Waals surface area contributed by atoms with Gasteiger partial charge in [-0.1, -0.05) is 12.1 Å². The minimum absolute atomic E-state index is 0.118. The standard InChI is InChI=1S/C9H8NO3/c1-6-3-4-8(7(2)11)5-9(6)10(12)13/h3-5H,1H2,2H3. The number of benzene rings is 1. The second-order valence-corrected chi connectivity index (χ2v) is 2.66. The minimum atomic E-state index is -0.547. The molecule has 67 valence electrons. The maximum absolute atomic E-state index is 10.9. The molecular formula is C9H8NO3. The molecule has 0 aliphatic rings. The zero-order chi connectivity index (χ0) is 10.0. The maximum atomic E-state index is 10.9. The average Bonchev–Trinajstić information content (AvgIpc) is 2.04. The first kappa shape index (κ1) is 9.38. The Bertz CT molecular complexity index is 371. The molecule has 0 bridgehead atoms. The van der Waals surface area contributed by atoms with Crippen LogP contribution in [0.5, 0.6) is 0 Å². The van der Waals surface area contributed by atoms with E-state index in [1.807, 2.05) is 0 Å². The first-order chi connectivity index (χ1) is 6.02. The smallest absolute Gasteiger partial charge is 0.273 e. The number of ketones is 1. The fourth-order valence-corrected chi connectivity index (χ4v) is 0.953. The fraction of sp³-hybridized carbons (Fsp3) is 0.111. The second-order valence-electron chi connectivity index (χ2n) is 2.66. The Morgan fingerprint density at radius 3 is 2.62 bits per heavy atom. The summed E-state index contributed by atoms with van der Waals surface area (Å²) in [5.41, 5.74) is 0.529. The van der Waals surface area contributed by atoms with Gasteiger partial charge in [-0.15, -0.1) is 0 Å². The van der Waals surface area contributed by atoms with Crippen LogP contribution in [0.1, 0.15) is 22.8 Å². The van der Waals surface area contributed by atoms with Crippen LogP contribution in [0.3, 0.4) is 0 Å². The van der Waals surface area contributed by atoms with E-state index in [1.54, 1.807) is 0 Å². The quantitative estimate of drug-likeness (QED) is 0.395. The van der Waals surface area contributed by atoms with E-state index in [-0.39, 0.29) is 11.5 Å². The lowest BCUT2D eigenvalue weighted by Crippen LogP contribution is -1.97. The van der Waals surface area contributed by atoms with Crippen LogP contribution < -0.4 is 0 Å². The molecule has 13 heavy (non-hydrogen) atoms. The van der Waals surface area contributed by atoms with E-state index in [9.17, 15) is 14.9 Å². The normalized spacial score (nSPS) is 9.69. The molecule has 1 aromatic carbocycles. The first-order valence-corrected chi connectivity index (χ1v) is 3.63. The monoisotopic (exact) mass is 178 g/mol. The van der Waals surface area contributed by atoms with Gasteiger partial charge in [0.15, 0.2) is 5.78 Å². The van der Waals surface area contributed by atoms with Crippen molar-refractivity contribution < 1.29 is 9.72 Å². The highest BCUT2D eigenvalue weighted by Crippen LogP contribution is 2.19. The van der Waals surface area contributed by atoms with Crippen molar-refractivity contribution in [2.24, 2.45) is 0 Å². The molecule has 1 rings (SSSR count). The van der Waals surface area contributed by atoms with Crippen molar-refractivity contribution in [2.45, 2.75) is 6.92 Å². The Balaban J connectivity index is 3.27. The van der Waals surface area contributed by atoms with Gasteiger partial charge in [-0.05, 0) is 13.8 Å². The van der Waals surface area contributed by atoms with Crippen LogP contribution in [0.25, 0.3) is 0 Å². The van der Waals surface area contributed by atoms with Gasteiger partial charge in [0, 0.05) is 17.2 Å². The molecule has 0 aliphatic carbocycles. The molecule has 4 nitrogen and oxygen atoms in total. The van der Waals surface area contributed by atoms with Crippen molar-refractivity contribution >= 4 is 11.5 Å². The van der Waals surface area contributed by atoms with Gasteiger partial charge in [0.2, 0.25) is 0 Å². The lowest BCUT2D eigenvalue weighted by molar-refractivity contribution is -0.385. The predicted octanol–water partition coefficient (Wildman–Crippen LogP) is 1.98. The summed E-state index contributed by atoms with van der Waals surface area (Å²) >= 11 is 0. The molecule has 1 aromatic rings. The predicted molar refractivity (Wildman–Crippen MR) is 47.6 cm³/mol. The Kier molecular flexibility index (Phi) is 2.41. The van der Waals surface area contributed by atoms with Gasteiger partial charge in [-0.2, -0.15) is 0 Å². The fourth-order valence-electron chi connectivity index (χ4n) is 0.953. The van der Waals surface area contributed by atoms with Gasteiger partial charge in [-0.25, -0.2) is 0 Å². The van der Waals surface area contributed by atoms with Crippen molar-refractivity contribution in [2.75, 3.05) is 0 Å². The number of nitrogens with zero attached hydrogens (tertiary/aromatic N) is 1. The van der Waals surface area contributed by atoms with E-state index in [1.165, 1.54) is 25.1 Å². The molecule has 0 heterocycles. The van der Waals surface area contributed by atoms with Crippen molar-refractivity contribution in [1.82, 2.24) is 0 Å². The lowest BCUT2D eigenvalue weighted by Gasteiger charge is -1.98. The van der Waals surface area contributed by atoms with Gasteiger partial charge in [0.25, 0.3) is 5.69 Å². The molecule has 0 aromatic heterocycles. The van der Waals surface area contributed by atoms with Crippen LogP contribution in [0.4, 0.5) is 5.69 Å². The van der Waals surface area contributed by atoms with Crippen LogP contribution >= 0.6 is 0 Å². The molecule has 0 unspecified atom stereocenters. The van der Waals surface area contributed by atoms with E-state index in [0.717, 1.165) is 0 Å². The molecular weight excluding hydrogens is 170 g/mol. The second kappa shape index (κ2) is 3.35. The van der Waals surface area contributed by atoms with Gasteiger partial charge in [0.1, 0.15) is 0 Å². The molecule has 0 atom stereocenters. The number of nitro groups is 1. The SMILES string of the molecule is [CH2]c1ccc(C(C)=O)cc1[N+](=O)[O-]. The van der Waals surface area contributed by atoms with E-state index < -0.39 is 4.92 Å². The topological polar surface area (TPSA) is 60.2 Å². The van der Waals surface area contributed by atoms with E-state index in [0.29, 0.717) is 11.1 Å². The molecule has 0 N–H and O–H groups in total. The zero-order valence-electron chi connectivity index (χ0n) is 7.11. The van der Waals surface area contributed by atoms with E-state index in [2.05, 4.69) is 6.92 Å². The Morgan fingerprint density at radius 2 is 2.15 bits per heavy atom. The largest absolute Gasteiger partial charge is 0.295 e. The summed E-state index contributed by atoms with van der Waals surface area (Å²) in [4.78, 5) is 20.8. The van der Waals surface area contributed by atoms with Crippen LogP contribution in [0.2, 0.25) is 0 Å². The number of hydrogen-bond donors (Lipinski definition) is 0. The number of nitro benzene ring substituents is 1. The summed E-state index contributed by atoms with van der Waals surface area (Å²) in [6.45, 7) is 4.85. The zero-order valence-corrected chi connectivity index (χ0v) is 7.11. The van der Waals surface area contributed by atoms with Gasteiger partial charge < -0.3 is 0 Å². The summed E-state index contributed by atoms with van der Waals surface area (Å²) in [6, 6.07) is 4.23. The van der Waals surface area contributed by atoms with Crippen molar-refractivity contribution in [3.8, 4) is 0 Å². The third-order valence-corrected chi connectivity index (χ3v) is 1.69. The highest BCUT2D eigenvalue weighted by Gasteiger charge is 2.12. The molecule has 0 fully saturated rings. The maximum Gasteiger partial charge on any atom is 0.273 e. The summed E-state index contributed by atoms with van der Waals surface area (Å²) in [7, 11) is 0. The van der Waals surface area contributed by atoms with Crippen molar-refractivity contribution in [3.05, 3.63) is 46.4 Å². The summed E-state index contributed by atoms with van der Waals surface area (Å²) in [6.07, 6.45) is 0. The van der Waals surface area contributed by atoms with Crippen molar-refractivity contribution in [1.29, 1.82) is 0 Å². The molecule has 0 amide bonds. The summed E-state index contributed by atoms with van der Waals surface area (Å²) in [5, 5.41) is 10.5. The van der Waals surface area contributed by atoms with Crippen LogP contribution in [0, 0.1) is 17.0 Å². The van der Waals surface area contributed by atoms with Crippen LogP contribution in [-0.2, 0) is 0 Å². The molecule has 0 saturated heterocycles. The molecule has 0 saturated carbocycles. The molecule has 1 radical (unpaired) electrons. The number of carbonyl (C=O) groups excluding carboxylic acids is 1. The lowest BCUT2D eigenvalue weighted by atomic mass is 10.1. The Morgan fingerprint density at radius 1 is 1.54 bits per heavy atom. The third kappa shape index (κ3) is 1.90. The highest BCUT2D eigenvalue weighted by atomic mass is 16.6. The first-order valence-electron chi connectivity index (χ1n) is 3.63. The summed E-state index contributed by atoms with van der Waals surface area (Å²) < 4.78 is 0. The average molecular weight is 178 g/mol. The minimum Gasteiger partial charge on any atom is -0.295 e. The summed E-state index contributed by atoms with van der Waals surface area (Å²) in [5.74, 6) is -0.192.